The predicted octanol–water partition coefficient (Wildman–Crippen LogP) is 5.30. The molecule has 4 rings (SSSR count). The van der Waals surface area contributed by atoms with Gasteiger partial charge in [-0.1, -0.05) is 50.2 Å². The molecule has 1 heterocycles. The number of carbonyl (C=O) groups is 2. The number of methoxy groups -OCH3 is 1. The van der Waals surface area contributed by atoms with Crippen LogP contribution in [0.5, 0.6) is 0 Å². The molecule has 0 amide bonds. The average molecular weight is 470 g/mol. The van der Waals surface area contributed by atoms with Crippen LogP contribution in [0, 0.1) is 5.41 Å². The molecular formula is C26H25F3N2O3. The number of esters is 1. The van der Waals surface area contributed by atoms with Gasteiger partial charge in [0.05, 0.1) is 24.2 Å². The number of anilines is 1. The minimum absolute atomic E-state index is 0.0258. The standard InChI is InChI=1S/C26H25F3N2O3/c1-25(2)13-18-21(19(32)14-25)20(15-8-5-4-6-9-15)22(24(33)34-3)23(30)31(18)17-11-7-10-16(12-17)26(27,28)29/h4-12,20H,13-14,30H2,1-3H3. The first-order chi connectivity index (χ1) is 15.9. The van der Waals surface area contributed by atoms with E-state index in [1.54, 1.807) is 24.3 Å². The van der Waals surface area contributed by atoms with E-state index in [2.05, 4.69) is 0 Å². The Morgan fingerprint density at radius 1 is 1.09 bits per heavy atom. The van der Waals surface area contributed by atoms with Gasteiger partial charge in [-0.3, -0.25) is 9.69 Å². The third-order valence-corrected chi connectivity index (χ3v) is 6.23. The third kappa shape index (κ3) is 4.08. The first-order valence-electron chi connectivity index (χ1n) is 10.8. The number of carbonyl (C=O) groups excluding carboxylic acids is 2. The van der Waals surface area contributed by atoms with Gasteiger partial charge in [0.1, 0.15) is 5.82 Å². The van der Waals surface area contributed by atoms with Crippen LogP contribution in [-0.4, -0.2) is 18.9 Å². The molecule has 2 aromatic carbocycles. The van der Waals surface area contributed by atoms with Crippen molar-refractivity contribution < 1.29 is 27.5 Å². The summed E-state index contributed by atoms with van der Waals surface area (Å²) >= 11 is 0. The third-order valence-electron chi connectivity index (χ3n) is 6.23. The van der Waals surface area contributed by atoms with Crippen molar-refractivity contribution in [2.75, 3.05) is 12.0 Å². The summed E-state index contributed by atoms with van der Waals surface area (Å²) in [6, 6.07) is 13.7. The quantitative estimate of drug-likeness (QED) is 0.617. The zero-order valence-electron chi connectivity index (χ0n) is 19.1. The summed E-state index contributed by atoms with van der Waals surface area (Å²) in [6.45, 7) is 3.85. The highest BCUT2D eigenvalue weighted by Crippen LogP contribution is 2.50. The number of hydrogen-bond acceptors (Lipinski definition) is 5. The minimum atomic E-state index is -4.57. The van der Waals surface area contributed by atoms with Gasteiger partial charge in [-0.15, -0.1) is 0 Å². The molecule has 0 saturated heterocycles. The molecule has 0 bridgehead atoms. The SMILES string of the molecule is COC(=O)C1=C(N)N(c2cccc(C(F)(F)F)c2)C2=C(C(=O)CC(C)(C)C2)C1c1ccccc1. The summed E-state index contributed by atoms with van der Waals surface area (Å²) in [5, 5.41) is 0. The molecule has 5 nitrogen and oxygen atoms in total. The molecule has 0 saturated carbocycles. The average Bonchev–Trinajstić information content (AvgIpc) is 2.77. The lowest BCUT2D eigenvalue weighted by Crippen LogP contribution is -2.43. The molecule has 0 fully saturated rings. The van der Waals surface area contributed by atoms with E-state index in [1.165, 1.54) is 24.1 Å². The van der Waals surface area contributed by atoms with Crippen LogP contribution in [-0.2, 0) is 20.5 Å². The van der Waals surface area contributed by atoms with Crippen LogP contribution in [0.3, 0.4) is 0 Å². The summed E-state index contributed by atoms with van der Waals surface area (Å²) < 4.78 is 45.5. The van der Waals surface area contributed by atoms with Crippen molar-refractivity contribution in [3.8, 4) is 0 Å². The van der Waals surface area contributed by atoms with Crippen LogP contribution in [0.1, 0.15) is 43.7 Å². The molecule has 2 aliphatic rings. The van der Waals surface area contributed by atoms with Gasteiger partial charge >= 0.3 is 12.1 Å². The Kier molecular flexibility index (Phi) is 5.79. The van der Waals surface area contributed by atoms with E-state index >= 15 is 0 Å². The molecule has 2 aromatic rings. The van der Waals surface area contributed by atoms with Crippen molar-refractivity contribution in [1.82, 2.24) is 0 Å². The summed E-state index contributed by atoms with van der Waals surface area (Å²) in [4.78, 5) is 27.9. The summed E-state index contributed by atoms with van der Waals surface area (Å²) in [7, 11) is 1.20. The molecule has 34 heavy (non-hydrogen) atoms. The van der Waals surface area contributed by atoms with Gasteiger partial charge in [0.25, 0.3) is 0 Å². The molecule has 178 valence electrons. The molecule has 2 N–H and O–H groups in total. The van der Waals surface area contributed by atoms with Crippen LogP contribution < -0.4 is 10.6 Å². The number of ether oxygens (including phenoxy) is 1. The number of nitrogens with two attached hydrogens (primary N) is 1. The topological polar surface area (TPSA) is 72.6 Å². The number of allylic oxidation sites excluding steroid dienone is 2. The van der Waals surface area contributed by atoms with Crippen LogP contribution in [0.2, 0.25) is 0 Å². The van der Waals surface area contributed by atoms with Gasteiger partial charge in [-0.05, 0) is 35.6 Å². The first kappa shape index (κ1) is 23.6. The highest BCUT2D eigenvalue weighted by atomic mass is 19.4. The van der Waals surface area contributed by atoms with Crippen molar-refractivity contribution in [1.29, 1.82) is 0 Å². The van der Waals surface area contributed by atoms with E-state index in [0.29, 0.717) is 23.3 Å². The maximum absolute atomic E-state index is 13.5. The van der Waals surface area contributed by atoms with Crippen LogP contribution in [0.4, 0.5) is 18.9 Å². The lowest BCUT2D eigenvalue weighted by molar-refractivity contribution is -0.138. The fourth-order valence-electron chi connectivity index (χ4n) is 4.81. The summed E-state index contributed by atoms with van der Waals surface area (Å²) in [5.41, 5.74) is 6.92. The van der Waals surface area contributed by atoms with Gasteiger partial charge in [0.2, 0.25) is 0 Å². The number of ketones is 1. The number of alkyl halides is 3. The van der Waals surface area contributed by atoms with E-state index in [0.717, 1.165) is 12.1 Å². The monoisotopic (exact) mass is 470 g/mol. The molecular weight excluding hydrogens is 445 g/mol. The fourth-order valence-corrected chi connectivity index (χ4v) is 4.81. The van der Waals surface area contributed by atoms with Crippen molar-refractivity contribution in [3.05, 3.63) is 88.4 Å². The highest BCUT2D eigenvalue weighted by molar-refractivity contribution is 6.05. The zero-order valence-corrected chi connectivity index (χ0v) is 19.1. The minimum Gasteiger partial charge on any atom is -0.466 e. The summed E-state index contributed by atoms with van der Waals surface area (Å²) in [6.07, 6.45) is -3.94. The Morgan fingerprint density at radius 3 is 2.38 bits per heavy atom. The number of nitrogens with zero attached hydrogens (tertiary/aromatic N) is 1. The Morgan fingerprint density at radius 2 is 1.76 bits per heavy atom. The van der Waals surface area contributed by atoms with Crippen molar-refractivity contribution >= 4 is 17.4 Å². The second kappa shape index (κ2) is 8.34. The second-order valence-corrected chi connectivity index (χ2v) is 9.32. The number of benzene rings is 2. The van der Waals surface area contributed by atoms with E-state index in [-0.39, 0.29) is 29.3 Å². The molecule has 1 unspecified atom stereocenters. The molecule has 1 atom stereocenters. The maximum atomic E-state index is 13.5. The largest absolute Gasteiger partial charge is 0.466 e. The van der Waals surface area contributed by atoms with E-state index < -0.39 is 29.0 Å². The van der Waals surface area contributed by atoms with Gasteiger partial charge in [0.15, 0.2) is 5.78 Å². The van der Waals surface area contributed by atoms with Gasteiger partial charge in [-0.25, -0.2) is 4.79 Å². The molecule has 1 aliphatic heterocycles. The molecule has 0 radical (unpaired) electrons. The Hall–Kier alpha value is -3.55. The molecule has 1 aliphatic carbocycles. The number of Topliss-reactive ketones (excluding diaryl/α,β-unsaturated/α-hetero) is 1. The van der Waals surface area contributed by atoms with E-state index in [4.69, 9.17) is 10.5 Å². The van der Waals surface area contributed by atoms with Crippen LogP contribution >= 0.6 is 0 Å². The fraction of sp³-hybridized carbons (Fsp3) is 0.308. The zero-order chi connectivity index (χ0) is 24.8. The van der Waals surface area contributed by atoms with Gasteiger partial charge in [0, 0.05) is 23.4 Å². The smallest absolute Gasteiger partial charge is 0.416 e. The molecule has 0 aromatic heterocycles. The normalized spacial score (nSPS) is 20.4. The first-order valence-corrected chi connectivity index (χ1v) is 10.8. The Bertz CT molecular complexity index is 1210. The molecule has 0 spiro atoms. The van der Waals surface area contributed by atoms with Crippen LogP contribution in [0.15, 0.2) is 77.3 Å². The van der Waals surface area contributed by atoms with Crippen LogP contribution in [0.25, 0.3) is 0 Å². The van der Waals surface area contributed by atoms with Gasteiger partial charge < -0.3 is 10.5 Å². The van der Waals surface area contributed by atoms with Gasteiger partial charge in [-0.2, -0.15) is 13.2 Å². The van der Waals surface area contributed by atoms with Crippen molar-refractivity contribution in [3.63, 3.8) is 0 Å². The lowest BCUT2D eigenvalue weighted by Gasteiger charge is -2.44. The second-order valence-electron chi connectivity index (χ2n) is 9.32. The predicted molar refractivity (Wildman–Crippen MR) is 121 cm³/mol. The molecule has 8 heteroatoms. The van der Waals surface area contributed by atoms with E-state index in [1.807, 2.05) is 19.9 Å². The Labute approximate surface area is 195 Å². The summed E-state index contributed by atoms with van der Waals surface area (Å²) in [5.74, 6) is -1.75. The van der Waals surface area contributed by atoms with Crippen molar-refractivity contribution in [2.24, 2.45) is 11.1 Å². The maximum Gasteiger partial charge on any atom is 0.416 e. The van der Waals surface area contributed by atoms with E-state index in [9.17, 15) is 22.8 Å². The number of halogens is 3. The number of rotatable bonds is 3. The van der Waals surface area contributed by atoms with Crippen molar-refractivity contribution in [2.45, 2.75) is 38.8 Å². The number of hydrogen-bond donors (Lipinski definition) is 1. The highest BCUT2D eigenvalue weighted by Gasteiger charge is 2.46. The lowest BCUT2D eigenvalue weighted by atomic mass is 9.68. The Balaban J connectivity index is 2.03.